The topological polar surface area (TPSA) is 66.8 Å². The summed E-state index contributed by atoms with van der Waals surface area (Å²) in [6.07, 6.45) is 0. The highest BCUT2D eigenvalue weighted by Crippen LogP contribution is 2.20. The van der Waals surface area contributed by atoms with Crippen LogP contribution in [0.5, 0.6) is 0 Å². The number of esters is 1. The van der Waals surface area contributed by atoms with Crippen LogP contribution in [0.25, 0.3) is 0 Å². The summed E-state index contributed by atoms with van der Waals surface area (Å²) in [6.45, 7) is 1.90. The van der Waals surface area contributed by atoms with Gasteiger partial charge < -0.3 is 14.7 Å². The summed E-state index contributed by atoms with van der Waals surface area (Å²) in [6, 6.07) is 0. The van der Waals surface area contributed by atoms with E-state index in [1.807, 2.05) is 0 Å². The smallest absolute Gasteiger partial charge is 0.339 e. The minimum absolute atomic E-state index is 0.00843. The largest absolute Gasteiger partial charge is 0.467 e. The molecule has 1 N–H and O–H groups in total. The number of hydrogen-bond donors (Lipinski definition) is 1. The van der Waals surface area contributed by atoms with Crippen LogP contribution in [0.15, 0.2) is 0 Å². The second kappa shape index (κ2) is 4.18. The lowest BCUT2D eigenvalue weighted by Gasteiger charge is -2.25. The molecule has 1 amide bonds. The van der Waals surface area contributed by atoms with E-state index in [9.17, 15) is 14.7 Å². The Bertz CT molecular complexity index is 254. The van der Waals surface area contributed by atoms with Crippen LogP contribution in [0.3, 0.4) is 0 Å². The minimum atomic E-state index is -1.62. The highest BCUT2D eigenvalue weighted by atomic mass is 32.2. The first-order chi connectivity index (χ1) is 6.47. The predicted octanol–water partition coefficient (Wildman–Crippen LogP) is 0.0792. The van der Waals surface area contributed by atoms with Gasteiger partial charge in [-0.3, -0.25) is 4.79 Å². The van der Waals surface area contributed by atoms with Crippen molar-refractivity contribution in [2.24, 2.45) is 0 Å². The van der Waals surface area contributed by atoms with Crippen molar-refractivity contribution in [3.63, 3.8) is 0 Å². The first kappa shape index (κ1) is 11.3. The van der Waals surface area contributed by atoms with E-state index in [-0.39, 0.29) is 11.8 Å². The van der Waals surface area contributed by atoms with Gasteiger partial charge in [0.05, 0.1) is 13.7 Å². The van der Waals surface area contributed by atoms with Gasteiger partial charge in [0.15, 0.2) is 5.60 Å². The fraction of sp³-hybridized carbons (Fsp3) is 0.750. The van der Waals surface area contributed by atoms with E-state index in [0.29, 0.717) is 12.3 Å². The van der Waals surface area contributed by atoms with E-state index in [2.05, 4.69) is 4.74 Å². The molecule has 0 aromatic rings. The Morgan fingerprint density at radius 1 is 1.79 bits per heavy atom. The molecule has 1 unspecified atom stereocenters. The third-order valence-corrected chi connectivity index (χ3v) is 2.86. The highest BCUT2D eigenvalue weighted by molar-refractivity contribution is 8.13. The molecule has 14 heavy (non-hydrogen) atoms. The summed E-state index contributed by atoms with van der Waals surface area (Å²) in [5.41, 5.74) is -1.62. The van der Waals surface area contributed by atoms with E-state index < -0.39 is 11.6 Å². The lowest BCUT2D eigenvalue weighted by Crippen LogP contribution is -2.47. The molecule has 1 fully saturated rings. The lowest BCUT2D eigenvalue weighted by atomic mass is 10.1. The van der Waals surface area contributed by atoms with Gasteiger partial charge >= 0.3 is 5.97 Å². The van der Waals surface area contributed by atoms with Gasteiger partial charge in [-0.1, -0.05) is 11.8 Å². The number of aliphatic hydroxyl groups is 1. The zero-order valence-electron chi connectivity index (χ0n) is 8.15. The second-order valence-electron chi connectivity index (χ2n) is 3.30. The Kier molecular flexibility index (Phi) is 3.38. The molecule has 0 radical (unpaired) electrons. The van der Waals surface area contributed by atoms with Gasteiger partial charge in [-0.05, 0) is 6.92 Å². The standard InChI is InChI=1S/C8H13NO4S/c1-8(12,6(10)13-2)5-9-3-4-14-7(9)11/h12H,3-5H2,1-2H3. The number of nitrogens with zero attached hydrogens (tertiary/aromatic N) is 1. The number of carbonyl (C=O) groups is 2. The van der Waals surface area contributed by atoms with Crippen molar-refractivity contribution in [1.82, 2.24) is 4.90 Å². The molecule has 0 saturated carbocycles. The number of hydrogen-bond acceptors (Lipinski definition) is 5. The van der Waals surface area contributed by atoms with Crippen molar-refractivity contribution < 1.29 is 19.4 Å². The lowest BCUT2D eigenvalue weighted by molar-refractivity contribution is -0.161. The van der Waals surface area contributed by atoms with Crippen molar-refractivity contribution in [3.05, 3.63) is 0 Å². The molecule has 5 nitrogen and oxygen atoms in total. The third kappa shape index (κ3) is 2.39. The maximum absolute atomic E-state index is 11.2. The zero-order valence-corrected chi connectivity index (χ0v) is 8.97. The number of methoxy groups -OCH3 is 1. The molecule has 0 aromatic carbocycles. The second-order valence-corrected chi connectivity index (χ2v) is 4.35. The minimum Gasteiger partial charge on any atom is -0.467 e. The average Bonchev–Trinajstić information content (AvgIpc) is 2.50. The summed E-state index contributed by atoms with van der Waals surface area (Å²) >= 11 is 1.19. The fourth-order valence-electron chi connectivity index (χ4n) is 1.23. The van der Waals surface area contributed by atoms with E-state index >= 15 is 0 Å². The number of ether oxygens (including phenoxy) is 1. The molecular formula is C8H13NO4S. The summed E-state index contributed by atoms with van der Waals surface area (Å²) in [5, 5.41) is 9.58. The number of β-amino-alcohol motifs (C(OH)–C–C–N with tert-alkyl or cyclic N) is 1. The van der Waals surface area contributed by atoms with Gasteiger partial charge in [-0.15, -0.1) is 0 Å². The molecule has 0 aliphatic carbocycles. The fourth-order valence-corrected chi connectivity index (χ4v) is 2.05. The van der Waals surface area contributed by atoms with Crippen molar-refractivity contribution >= 4 is 23.0 Å². The predicted molar refractivity (Wildman–Crippen MR) is 52.1 cm³/mol. The molecule has 1 aliphatic heterocycles. The Labute approximate surface area is 86.4 Å². The van der Waals surface area contributed by atoms with E-state index in [1.165, 1.54) is 30.7 Å². The Morgan fingerprint density at radius 2 is 2.43 bits per heavy atom. The third-order valence-electron chi connectivity index (χ3n) is 1.97. The SMILES string of the molecule is COC(=O)C(C)(O)CN1CCSC1=O. The maximum atomic E-state index is 11.2. The van der Waals surface area contributed by atoms with Gasteiger partial charge in [0.2, 0.25) is 0 Å². The number of rotatable bonds is 3. The molecule has 6 heteroatoms. The van der Waals surface area contributed by atoms with Gasteiger partial charge in [0.1, 0.15) is 0 Å². The van der Waals surface area contributed by atoms with Crippen molar-refractivity contribution in [2.75, 3.05) is 26.0 Å². The number of amides is 1. The average molecular weight is 219 g/mol. The van der Waals surface area contributed by atoms with Crippen LogP contribution >= 0.6 is 11.8 Å². The van der Waals surface area contributed by atoms with Crippen molar-refractivity contribution in [3.8, 4) is 0 Å². The van der Waals surface area contributed by atoms with Gasteiger partial charge in [0.25, 0.3) is 5.24 Å². The van der Waals surface area contributed by atoms with Crippen LogP contribution in [0.4, 0.5) is 4.79 Å². The van der Waals surface area contributed by atoms with Gasteiger partial charge in [0, 0.05) is 12.3 Å². The first-order valence-corrected chi connectivity index (χ1v) is 5.18. The normalized spacial score (nSPS) is 20.8. The van der Waals surface area contributed by atoms with Gasteiger partial charge in [-0.2, -0.15) is 0 Å². The van der Waals surface area contributed by atoms with Crippen LogP contribution in [0, 0.1) is 0 Å². The van der Waals surface area contributed by atoms with Crippen molar-refractivity contribution in [2.45, 2.75) is 12.5 Å². The Balaban J connectivity index is 2.58. The van der Waals surface area contributed by atoms with Crippen LogP contribution in [0.2, 0.25) is 0 Å². The summed E-state index contributed by atoms with van der Waals surface area (Å²) < 4.78 is 4.43. The van der Waals surface area contributed by atoms with E-state index in [0.717, 1.165) is 0 Å². The molecule has 0 bridgehead atoms. The molecule has 1 saturated heterocycles. The Hall–Kier alpha value is -0.750. The first-order valence-electron chi connectivity index (χ1n) is 4.20. The Morgan fingerprint density at radius 3 is 2.86 bits per heavy atom. The van der Waals surface area contributed by atoms with E-state index in [1.54, 1.807) is 0 Å². The van der Waals surface area contributed by atoms with Crippen LogP contribution < -0.4 is 0 Å². The summed E-state index contributed by atoms with van der Waals surface area (Å²) in [4.78, 5) is 23.7. The quantitative estimate of drug-likeness (QED) is 0.681. The van der Waals surface area contributed by atoms with Crippen LogP contribution in [0.1, 0.15) is 6.92 Å². The molecule has 1 aliphatic rings. The molecule has 1 rings (SSSR count). The number of thioether (sulfide) groups is 1. The molecule has 1 heterocycles. The van der Waals surface area contributed by atoms with Crippen LogP contribution in [-0.2, 0) is 9.53 Å². The maximum Gasteiger partial charge on any atom is 0.339 e. The summed E-state index contributed by atoms with van der Waals surface area (Å²) in [7, 11) is 1.21. The molecule has 0 aromatic heterocycles. The van der Waals surface area contributed by atoms with Crippen LogP contribution in [-0.4, -0.2) is 52.8 Å². The molecule has 80 valence electrons. The van der Waals surface area contributed by atoms with Gasteiger partial charge in [-0.25, -0.2) is 4.79 Å². The molecular weight excluding hydrogens is 206 g/mol. The zero-order chi connectivity index (χ0) is 10.8. The highest BCUT2D eigenvalue weighted by Gasteiger charge is 2.36. The van der Waals surface area contributed by atoms with E-state index in [4.69, 9.17) is 0 Å². The monoisotopic (exact) mass is 219 g/mol. The van der Waals surface area contributed by atoms with Crippen molar-refractivity contribution in [1.29, 1.82) is 0 Å². The summed E-state index contributed by atoms with van der Waals surface area (Å²) in [5.74, 6) is -0.0157. The number of carbonyl (C=O) groups excluding carboxylic acids is 2. The molecule has 0 spiro atoms. The molecule has 1 atom stereocenters.